The summed E-state index contributed by atoms with van der Waals surface area (Å²) in [6.45, 7) is 0.568. The molecule has 0 fully saturated rings. The van der Waals surface area contributed by atoms with Crippen LogP contribution in [0.5, 0.6) is 0 Å². The second-order valence-electron chi connectivity index (χ2n) is 3.83. The van der Waals surface area contributed by atoms with Gasteiger partial charge in [-0.2, -0.15) is 0 Å². The summed E-state index contributed by atoms with van der Waals surface area (Å²) in [5, 5.41) is 3.47. The van der Waals surface area contributed by atoms with E-state index >= 15 is 0 Å². The van der Waals surface area contributed by atoms with Gasteiger partial charge in [-0.1, -0.05) is 17.7 Å². The maximum atomic E-state index is 11.8. The van der Waals surface area contributed by atoms with E-state index in [-0.39, 0.29) is 5.91 Å². The van der Waals surface area contributed by atoms with Crippen molar-refractivity contribution in [3.63, 3.8) is 0 Å². The number of carbonyl (C=O) groups excluding carboxylic acids is 1. The summed E-state index contributed by atoms with van der Waals surface area (Å²) in [5.74, 6) is -0.0948. The van der Waals surface area contributed by atoms with Gasteiger partial charge in [-0.3, -0.25) is 9.78 Å². The highest BCUT2D eigenvalue weighted by Crippen LogP contribution is 2.09. The van der Waals surface area contributed by atoms with E-state index in [9.17, 15) is 4.79 Å². The highest BCUT2D eigenvalue weighted by atomic mass is 35.5. The van der Waals surface area contributed by atoms with Crippen molar-refractivity contribution >= 4 is 17.5 Å². The highest BCUT2D eigenvalue weighted by Gasteiger charge is 2.04. The topological polar surface area (TPSA) is 42.0 Å². The van der Waals surface area contributed by atoms with Gasteiger partial charge in [0.15, 0.2) is 0 Å². The van der Waals surface area contributed by atoms with Crippen molar-refractivity contribution in [3.05, 3.63) is 64.9 Å². The first-order valence-electron chi connectivity index (χ1n) is 5.69. The molecule has 4 heteroatoms. The van der Waals surface area contributed by atoms with Crippen molar-refractivity contribution in [2.75, 3.05) is 6.54 Å². The molecule has 0 aliphatic rings. The summed E-state index contributed by atoms with van der Waals surface area (Å²) in [6.07, 6.45) is 2.47. The van der Waals surface area contributed by atoms with E-state index in [4.69, 9.17) is 11.6 Å². The average molecular weight is 261 g/mol. The predicted molar refractivity (Wildman–Crippen MR) is 71.7 cm³/mol. The number of rotatable bonds is 4. The van der Waals surface area contributed by atoms with E-state index in [0.717, 1.165) is 12.1 Å². The molecule has 0 aliphatic carbocycles. The first-order valence-corrected chi connectivity index (χ1v) is 6.07. The van der Waals surface area contributed by atoms with Crippen LogP contribution in [-0.4, -0.2) is 17.4 Å². The Kier molecular flexibility index (Phi) is 4.31. The van der Waals surface area contributed by atoms with Crippen LogP contribution in [0.15, 0.2) is 48.7 Å². The minimum Gasteiger partial charge on any atom is -0.352 e. The molecule has 3 nitrogen and oxygen atoms in total. The van der Waals surface area contributed by atoms with Crippen LogP contribution < -0.4 is 5.32 Å². The quantitative estimate of drug-likeness (QED) is 0.918. The normalized spacial score (nSPS) is 10.1. The third-order valence-corrected chi connectivity index (χ3v) is 2.75. The number of hydrogen-bond acceptors (Lipinski definition) is 2. The molecule has 1 aromatic carbocycles. The number of carbonyl (C=O) groups is 1. The van der Waals surface area contributed by atoms with Crippen molar-refractivity contribution in [1.82, 2.24) is 10.3 Å². The van der Waals surface area contributed by atoms with E-state index in [1.165, 1.54) is 0 Å². The predicted octanol–water partition coefficient (Wildman–Crippen LogP) is 2.71. The fraction of sp³-hybridized carbons (Fsp3) is 0.143. The van der Waals surface area contributed by atoms with Gasteiger partial charge in [-0.15, -0.1) is 0 Å². The van der Waals surface area contributed by atoms with Gasteiger partial charge in [-0.05, 0) is 36.4 Å². The van der Waals surface area contributed by atoms with Crippen LogP contribution in [0.4, 0.5) is 0 Å². The monoisotopic (exact) mass is 260 g/mol. The van der Waals surface area contributed by atoms with Crippen molar-refractivity contribution < 1.29 is 4.79 Å². The molecule has 1 heterocycles. The maximum Gasteiger partial charge on any atom is 0.251 e. The van der Waals surface area contributed by atoms with E-state index in [0.29, 0.717) is 17.1 Å². The zero-order valence-corrected chi connectivity index (χ0v) is 10.5. The molecule has 92 valence electrons. The molecule has 0 bridgehead atoms. The molecular formula is C14H13ClN2O. The number of pyridine rings is 1. The molecule has 1 aromatic heterocycles. The van der Waals surface area contributed by atoms with Gasteiger partial charge in [-0.25, -0.2) is 0 Å². The zero-order valence-electron chi connectivity index (χ0n) is 9.77. The summed E-state index contributed by atoms with van der Waals surface area (Å²) in [4.78, 5) is 16.0. The van der Waals surface area contributed by atoms with Gasteiger partial charge in [0.2, 0.25) is 0 Å². The SMILES string of the molecule is O=C(NCCc1ccccn1)c1ccc(Cl)cc1. The molecule has 0 radical (unpaired) electrons. The van der Waals surface area contributed by atoms with E-state index in [1.54, 1.807) is 30.5 Å². The first-order chi connectivity index (χ1) is 8.75. The third kappa shape index (κ3) is 3.57. The lowest BCUT2D eigenvalue weighted by Gasteiger charge is -2.05. The fourth-order valence-electron chi connectivity index (χ4n) is 1.55. The smallest absolute Gasteiger partial charge is 0.251 e. The van der Waals surface area contributed by atoms with Crippen LogP contribution in [0, 0.1) is 0 Å². The maximum absolute atomic E-state index is 11.8. The number of halogens is 1. The Morgan fingerprint density at radius 3 is 2.61 bits per heavy atom. The minimum absolute atomic E-state index is 0.0948. The van der Waals surface area contributed by atoms with E-state index in [1.807, 2.05) is 18.2 Å². The molecule has 1 N–H and O–H groups in total. The third-order valence-electron chi connectivity index (χ3n) is 2.50. The molecule has 0 aliphatic heterocycles. The molecule has 0 unspecified atom stereocenters. The summed E-state index contributed by atoms with van der Waals surface area (Å²) in [7, 11) is 0. The molecule has 0 spiro atoms. The van der Waals surface area contributed by atoms with E-state index < -0.39 is 0 Å². The molecule has 0 atom stereocenters. The highest BCUT2D eigenvalue weighted by molar-refractivity contribution is 6.30. The first kappa shape index (κ1) is 12.6. The molecule has 2 rings (SSSR count). The number of benzene rings is 1. The molecule has 1 amide bonds. The summed E-state index contributed by atoms with van der Waals surface area (Å²) < 4.78 is 0. The van der Waals surface area contributed by atoms with Crippen LogP contribution in [0.1, 0.15) is 16.1 Å². The van der Waals surface area contributed by atoms with Crippen LogP contribution in [0.25, 0.3) is 0 Å². The largest absolute Gasteiger partial charge is 0.352 e. The van der Waals surface area contributed by atoms with Gasteiger partial charge >= 0.3 is 0 Å². The number of hydrogen-bond donors (Lipinski definition) is 1. The van der Waals surface area contributed by atoms with Gasteiger partial charge in [0.05, 0.1) is 0 Å². The van der Waals surface area contributed by atoms with Crippen LogP contribution in [-0.2, 0) is 6.42 Å². The summed E-state index contributed by atoms with van der Waals surface area (Å²) in [5.41, 5.74) is 1.58. The Hall–Kier alpha value is -1.87. The van der Waals surface area contributed by atoms with E-state index in [2.05, 4.69) is 10.3 Å². The van der Waals surface area contributed by atoms with Crippen LogP contribution in [0.2, 0.25) is 5.02 Å². The van der Waals surface area contributed by atoms with Crippen molar-refractivity contribution in [1.29, 1.82) is 0 Å². The van der Waals surface area contributed by atoms with Gasteiger partial charge in [0.25, 0.3) is 5.91 Å². The second-order valence-corrected chi connectivity index (χ2v) is 4.27. The lowest BCUT2D eigenvalue weighted by Crippen LogP contribution is -2.25. The summed E-state index contributed by atoms with van der Waals surface area (Å²) >= 11 is 5.76. The Balaban J connectivity index is 1.84. The van der Waals surface area contributed by atoms with Crippen molar-refractivity contribution in [2.45, 2.75) is 6.42 Å². The molecule has 18 heavy (non-hydrogen) atoms. The summed E-state index contributed by atoms with van der Waals surface area (Å²) in [6, 6.07) is 12.6. The number of nitrogens with zero attached hydrogens (tertiary/aromatic N) is 1. The lowest BCUT2D eigenvalue weighted by molar-refractivity contribution is 0.0954. The standard InChI is InChI=1S/C14H13ClN2O/c15-12-6-4-11(5-7-12)14(18)17-10-8-13-3-1-2-9-16-13/h1-7,9H,8,10H2,(H,17,18). The number of aromatic nitrogens is 1. The minimum atomic E-state index is -0.0948. The van der Waals surface area contributed by atoms with Crippen molar-refractivity contribution in [2.24, 2.45) is 0 Å². The van der Waals surface area contributed by atoms with Crippen LogP contribution >= 0.6 is 11.6 Å². The molecular weight excluding hydrogens is 248 g/mol. The molecule has 0 saturated carbocycles. The average Bonchev–Trinajstić information content (AvgIpc) is 2.40. The Bertz CT molecular complexity index is 511. The van der Waals surface area contributed by atoms with Gasteiger partial charge in [0.1, 0.15) is 0 Å². The van der Waals surface area contributed by atoms with Crippen LogP contribution in [0.3, 0.4) is 0 Å². The molecule has 0 saturated heterocycles. The zero-order chi connectivity index (χ0) is 12.8. The molecule has 2 aromatic rings. The number of amides is 1. The fourth-order valence-corrected chi connectivity index (χ4v) is 1.68. The number of nitrogens with one attached hydrogen (secondary N) is 1. The second kappa shape index (κ2) is 6.17. The Labute approximate surface area is 111 Å². The lowest BCUT2D eigenvalue weighted by atomic mass is 10.2. The van der Waals surface area contributed by atoms with Gasteiger partial charge in [0, 0.05) is 35.4 Å². The Morgan fingerprint density at radius 2 is 1.94 bits per heavy atom. The van der Waals surface area contributed by atoms with Crippen molar-refractivity contribution in [3.8, 4) is 0 Å². The van der Waals surface area contributed by atoms with Gasteiger partial charge < -0.3 is 5.32 Å². The Morgan fingerprint density at radius 1 is 1.17 bits per heavy atom.